The van der Waals surface area contributed by atoms with Gasteiger partial charge in [-0.25, -0.2) is 4.39 Å². The highest BCUT2D eigenvalue weighted by atomic mass is 35.5. The Bertz CT molecular complexity index is 1390. The maximum atomic E-state index is 14.1. The zero-order valence-corrected chi connectivity index (χ0v) is 21.5. The number of carbonyl (C=O) groups is 2. The van der Waals surface area contributed by atoms with Crippen LogP contribution < -0.4 is 9.64 Å². The van der Waals surface area contributed by atoms with Gasteiger partial charge >= 0.3 is 0 Å². The van der Waals surface area contributed by atoms with Crippen LogP contribution >= 0.6 is 11.6 Å². The van der Waals surface area contributed by atoms with Crippen molar-refractivity contribution in [1.82, 2.24) is 0 Å². The first-order valence-electron chi connectivity index (χ1n) is 11.5. The molecule has 0 spiro atoms. The Hall–Kier alpha value is -3.64. The lowest BCUT2D eigenvalue weighted by Crippen LogP contribution is -2.29. The summed E-state index contributed by atoms with van der Waals surface area (Å²) in [6.45, 7) is 8.08. The van der Waals surface area contributed by atoms with Crippen LogP contribution in [0, 0.1) is 12.7 Å². The van der Waals surface area contributed by atoms with Gasteiger partial charge in [0.25, 0.3) is 11.7 Å². The summed E-state index contributed by atoms with van der Waals surface area (Å²) in [5, 5.41) is 11.8. The Morgan fingerprint density at radius 3 is 2.28 bits per heavy atom. The first-order chi connectivity index (χ1) is 16.9. The number of ketones is 1. The number of Topliss-reactive ketones (excluding diaryl/α,β-unsaturated/α-hetero) is 1. The quantitative estimate of drug-likeness (QED) is 0.242. The Labute approximate surface area is 214 Å². The number of aliphatic hydroxyl groups is 1. The van der Waals surface area contributed by atoms with E-state index in [2.05, 4.69) is 20.8 Å². The zero-order valence-electron chi connectivity index (χ0n) is 20.7. The van der Waals surface area contributed by atoms with E-state index in [9.17, 15) is 19.1 Å². The van der Waals surface area contributed by atoms with Gasteiger partial charge in [-0.15, -0.1) is 0 Å². The number of halogens is 2. The van der Waals surface area contributed by atoms with Crippen LogP contribution in [-0.2, 0) is 15.0 Å². The first kappa shape index (κ1) is 25.5. The third-order valence-corrected chi connectivity index (χ3v) is 6.79. The van der Waals surface area contributed by atoms with Crippen LogP contribution in [0.4, 0.5) is 10.1 Å². The lowest BCUT2D eigenvalue weighted by atomic mass is 9.85. The molecule has 1 N–H and O–H groups in total. The summed E-state index contributed by atoms with van der Waals surface area (Å²) in [7, 11) is 1.37. The minimum absolute atomic E-state index is 0.0197. The van der Waals surface area contributed by atoms with Crippen molar-refractivity contribution in [1.29, 1.82) is 0 Å². The number of amides is 1. The molecule has 1 heterocycles. The van der Waals surface area contributed by atoms with E-state index in [4.69, 9.17) is 16.3 Å². The summed E-state index contributed by atoms with van der Waals surface area (Å²) in [6.07, 6.45) is 0. The van der Waals surface area contributed by atoms with Crippen LogP contribution in [0.1, 0.15) is 49.1 Å². The molecule has 7 heteroatoms. The normalized spacial score (nSPS) is 17.5. The second-order valence-electron chi connectivity index (χ2n) is 9.82. The lowest BCUT2D eigenvalue weighted by molar-refractivity contribution is -0.132. The molecule has 0 aliphatic carbocycles. The molecule has 1 aliphatic heterocycles. The highest BCUT2D eigenvalue weighted by Gasteiger charge is 2.47. The van der Waals surface area contributed by atoms with E-state index in [-0.39, 0.29) is 22.3 Å². The smallest absolute Gasteiger partial charge is 0.300 e. The van der Waals surface area contributed by atoms with E-state index in [1.54, 1.807) is 18.2 Å². The molecule has 1 atom stereocenters. The third kappa shape index (κ3) is 4.49. The van der Waals surface area contributed by atoms with Crippen LogP contribution in [0.2, 0.25) is 5.02 Å². The number of ether oxygens (including phenoxy) is 1. The van der Waals surface area contributed by atoms with Gasteiger partial charge in [0.15, 0.2) is 0 Å². The van der Waals surface area contributed by atoms with Crippen molar-refractivity contribution in [3.8, 4) is 5.75 Å². The Balaban J connectivity index is 1.98. The SMILES string of the molecule is COc1ccc(F)cc1/C(O)=C1\C(=O)C(=O)N(c2ccc(C)c(Cl)c2)C1c1ccc(C(C)(C)C)cc1. The second kappa shape index (κ2) is 9.43. The molecular formula is C29H27ClFNO4. The molecule has 1 aliphatic rings. The largest absolute Gasteiger partial charge is 0.507 e. The molecule has 36 heavy (non-hydrogen) atoms. The Morgan fingerprint density at radius 2 is 1.69 bits per heavy atom. The van der Waals surface area contributed by atoms with Crippen LogP contribution in [0.3, 0.4) is 0 Å². The summed E-state index contributed by atoms with van der Waals surface area (Å²) < 4.78 is 19.4. The van der Waals surface area contributed by atoms with Crippen LogP contribution in [0.25, 0.3) is 5.76 Å². The predicted octanol–water partition coefficient (Wildman–Crippen LogP) is 6.72. The molecule has 0 saturated carbocycles. The van der Waals surface area contributed by atoms with E-state index in [0.717, 1.165) is 17.2 Å². The summed E-state index contributed by atoms with van der Waals surface area (Å²) >= 11 is 6.35. The van der Waals surface area contributed by atoms with E-state index in [0.29, 0.717) is 16.3 Å². The fourth-order valence-electron chi connectivity index (χ4n) is 4.32. The maximum absolute atomic E-state index is 14.1. The molecule has 4 rings (SSSR count). The number of aryl methyl sites for hydroxylation is 1. The summed E-state index contributed by atoms with van der Waals surface area (Å²) in [4.78, 5) is 28.1. The molecule has 1 unspecified atom stereocenters. The number of benzene rings is 3. The van der Waals surface area contributed by atoms with Gasteiger partial charge in [0.2, 0.25) is 0 Å². The van der Waals surface area contributed by atoms with Gasteiger partial charge in [-0.05, 0) is 59.4 Å². The molecular weight excluding hydrogens is 481 g/mol. The number of hydrogen-bond acceptors (Lipinski definition) is 4. The van der Waals surface area contributed by atoms with Crippen LogP contribution in [0.15, 0.2) is 66.2 Å². The molecule has 3 aromatic carbocycles. The van der Waals surface area contributed by atoms with Crippen molar-refractivity contribution in [3.05, 3.63) is 99.3 Å². The highest BCUT2D eigenvalue weighted by Crippen LogP contribution is 2.44. The molecule has 0 bridgehead atoms. The molecule has 5 nitrogen and oxygen atoms in total. The van der Waals surface area contributed by atoms with Crippen molar-refractivity contribution in [2.24, 2.45) is 0 Å². The second-order valence-corrected chi connectivity index (χ2v) is 10.2. The maximum Gasteiger partial charge on any atom is 0.300 e. The fourth-order valence-corrected chi connectivity index (χ4v) is 4.50. The first-order valence-corrected chi connectivity index (χ1v) is 11.8. The van der Waals surface area contributed by atoms with E-state index < -0.39 is 29.3 Å². The number of rotatable bonds is 4. The number of anilines is 1. The van der Waals surface area contributed by atoms with Gasteiger partial charge in [-0.1, -0.05) is 62.7 Å². The van der Waals surface area contributed by atoms with E-state index >= 15 is 0 Å². The average Bonchev–Trinajstić information content (AvgIpc) is 3.10. The molecule has 1 amide bonds. The van der Waals surface area contributed by atoms with E-state index in [1.807, 2.05) is 31.2 Å². The van der Waals surface area contributed by atoms with Gasteiger partial charge < -0.3 is 9.84 Å². The number of carbonyl (C=O) groups excluding carboxylic acids is 2. The molecule has 0 aromatic heterocycles. The number of methoxy groups -OCH3 is 1. The number of nitrogens with zero attached hydrogens (tertiary/aromatic N) is 1. The minimum atomic E-state index is -0.967. The fraction of sp³-hybridized carbons (Fsp3) is 0.241. The van der Waals surface area contributed by atoms with Crippen molar-refractivity contribution < 1.29 is 23.8 Å². The van der Waals surface area contributed by atoms with Crippen LogP contribution in [-0.4, -0.2) is 23.9 Å². The summed E-state index contributed by atoms with van der Waals surface area (Å²) in [6, 6.07) is 15.2. The lowest BCUT2D eigenvalue weighted by Gasteiger charge is -2.27. The topological polar surface area (TPSA) is 66.8 Å². The van der Waals surface area contributed by atoms with Crippen molar-refractivity contribution in [2.45, 2.75) is 39.2 Å². The summed E-state index contributed by atoms with van der Waals surface area (Å²) in [5.41, 5.74) is 2.59. The third-order valence-electron chi connectivity index (χ3n) is 6.39. The zero-order chi connectivity index (χ0) is 26.4. The molecule has 1 saturated heterocycles. The Kier molecular flexibility index (Phi) is 6.67. The van der Waals surface area contributed by atoms with Crippen molar-refractivity contribution in [2.75, 3.05) is 12.0 Å². The van der Waals surface area contributed by atoms with Crippen molar-refractivity contribution >= 4 is 34.7 Å². The van der Waals surface area contributed by atoms with Crippen molar-refractivity contribution in [3.63, 3.8) is 0 Å². The predicted molar refractivity (Wildman–Crippen MR) is 139 cm³/mol. The van der Waals surface area contributed by atoms with Gasteiger partial charge in [0.05, 0.1) is 24.3 Å². The molecule has 186 valence electrons. The van der Waals surface area contributed by atoms with Gasteiger partial charge in [0.1, 0.15) is 17.3 Å². The van der Waals surface area contributed by atoms with Gasteiger partial charge in [-0.2, -0.15) is 0 Å². The summed E-state index contributed by atoms with van der Waals surface area (Å²) in [5.74, 6) is -2.68. The van der Waals surface area contributed by atoms with Crippen LogP contribution in [0.5, 0.6) is 5.75 Å². The highest BCUT2D eigenvalue weighted by molar-refractivity contribution is 6.52. The van der Waals surface area contributed by atoms with Gasteiger partial charge in [-0.3, -0.25) is 14.5 Å². The number of hydrogen-bond donors (Lipinski definition) is 1. The molecule has 1 fully saturated rings. The monoisotopic (exact) mass is 507 g/mol. The van der Waals surface area contributed by atoms with E-state index in [1.165, 1.54) is 24.1 Å². The Morgan fingerprint density at radius 1 is 1.03 bits per heavy atom. The number of aliphatic hydroxyl groups excluding tert-OH is 1. The average molecular weight is 508 g/mol. The van der Waals surface area contributed by atoms with Gasteiger partial charge in [0, 0.05) is 10.7 Å². The standard InChI is InChI=1S/C29H27ClFNO4/c1-16-6-12-20(15-22(16)30)32-25(17-7-9-18(10-8-17)29(2,3)4)24(27(34)28(32)35)26(33)21-14-19(31)11-13-23(21)36-5/h6-15,25,33H,1-5H3/b26-24+. The molecule has 0 radical (unpaired) electrons. The molecule has 3 aromatic rings. The minimum Gasteiger partial charge on any atom is -0.507 e.